The summed E-state index contributed by atoms with van der Waals surface area (Å²) in [5.41, 5.74) is 3.27. The van der Waals surface area contributed by atoms with Crippen LogP contribution in [-0.2, 0) is 4.79 Å². The fourth-order valence-electron chi connectivity index (χ4n) is 4.71. The first kappa shape index (κ1) is 21.2. The van der Waals surface area contributed by atoms with Crippen LogP contribution in [0.4, 0.5) is 0 Å². The van der Waals surface area contributed by atoms with Crippen LogP contribution in [0.3, 0.4) is 0 Å². The van der Waals surface area contributed by atoms with E-state index in [2.05, 4.69) is 11.4 Å². The van der Waals surface area contributed by atoms with E-state index < -0.39 is 6.04 Å². The van der Waals surface area contributed by atoms with Gasteiger partial charge in [-0.15, -0.1) is 0 Å². The second-order valence-electron chi connectivity index (χ2n) is 8.54. The standard InChI is InChI=1S/C26H30N2O3/c1-17-13-14-22-21(15-17)18(2)16-24(29)28(22)25(20-11-7-8-12-23(20)31-3)26(30)27-19-9-5-4-6-10-19/h7-8,11-16,19,25H,4-6,9-10H2,1-3H3,(H,27,30). The molecule has 0 saturated heterocycles. The Morgan fingerprint density at radius 2 is 1.81 bits per heavy atom. The molecule has 4 rings (SSSR count). The van der Waals surface area contributed by atoms with Crippen molar-refractivity contribution in [3.8, 4) is 5.75 Å². The van der Waals surface area contributed by atoms with E-state index in [1.54, 1.807) is 17.7 Å². The maximum absolute atomic E-state index is 13.7. The van der Waals surface area contributed by atoms with Gasteiger partial charge in [0.25, 0.3) is 5.56 Å². The molecule has 0 radical (unpaired) electrons. The average molecular weight is 419 g/mol. The van der Waals surface area contributed by atoms with Crippen LogP contribution in [-0.4, -0.2) is 23.6 Å². The topological polar surface area (TPSA) is 60.3 Å². The van der Waals surface area contributed by atoms with Gasteiger partial charge >= 0.3 is 0 Å². The van der Waals surface area contributed by atoms with Crippen LogP contribution in [0.2, 0.25) is 0 Å². The van der Waals surface area contributed by atoms with E-state index in [0.29, 0.717) is 11.3 Å². The number of nitrogens with zero attached hydrogens (tertiary/aromatic N) is 1. The summed E-state index contributed by atoms with van der Waals surface area (Å²) in [6, 6.07) is 14.4. The second kappa shape index (κ2) is 8.96. The molecule has 1 N–H and O–H groups in total. The van der Waals surface area contributed by atoms with Gasteiger partial charge in [-0.1, -0.05) is 49.1 Å². The summed E-state index contributed by atoms with van der Waals surface area (Å²) in [5.74, 6) is 0.434. The molecule has 5 nitrogen and oxygen atoms in total. The van der Waals surface area contributed by atoms with Crippen LogP contribution in [0.5, 0.6) is 5.75 Å². The number of fused-ring (bicyclic) bond motifs is 1. The number of rotatable bonds is 5. The lowest BCUT2D eigenvalue weighted by Crippen LogP contribution is -2.43. The van der Waals surface area contributed by atoms with Gasteiger partial charge in [-0.05, 0) is 50.5 Å². The number of aromatic nitrogens is 1. The first-order valence-corrected chi connectivity index (χ1v) is 11.1. The fourth-order valence-corrected chi connectivity index (χ4v) is 4.71. The number of para-hydroxylation sites is 1. The summed E-state index contributed by atoms with van der Waals surface area (Å²) in [6.07, 6.45) is 5.41. The van der Waals surface area contributed by atoms with Crippen molar-refractivity contribution in [2.45, 2.75) is 58.0 Å². The summed E-state index contributed by atoms with van der Waals surface area (Å²) in [7, 11) is 1.59. The number of methoxy groups -OCH3 is 1. The Balaban J connectivity index is 1.91. The van der Waals surface area contributed by atoms with Crippen LogP contribution in [0.15, 0.2) is 53.3 Å². The highest BCUT2D eigenvalue weighted by molar-refractivity contribution is 5.89. The number of hydrogen-bond donors (Lipinski definition) is 1. The van der Waals surface area contributed by atoms with E-state index in [9.17, 15) is 9.59 Å². The number of carbonyl (C=O) groups is 1. The molecule has 1 amide bonds. The number of nitrogens with one attached hydrogen (secondary N) is 1. The summed E-state index contributed by atoms with van der Waals surface area (Å²) in [5, 5.41) is 4.21. The second-order valence-corrected chi connectivity index (χ2v) is 8.54. The quantitative estimate of drug-likeness (QED) is 0.655. The van der Waals surface area contributed by atoms with Crippen molar-refractivity contribution in [3.05, 3.63) is 75.6 Å². The Hall–Kier alpha value is -3.08. The van der Waals surface area contributed by atoms with Crippen LogP contribution in [0.1, 0.15) is 54.8 Å². The van der Waals surface area contributed by atoms with Crippen molar-refractivity contribution in [2.24, 2.45) is 0 Å². The van der Waals surface area contributed by atoms with E-state index in [4.69, 9.17) is 4.74 Å². The van der Waals surface area contributed by atoms with Gasteiger partial charge in [-0.3, -0.25) is 14.2 Å². The molecule has 162 valence electrons. The van der Waals surface area contributed by atoms with Crippen molar-refractivity contribution in [2.75, 3.05) is 7.11 Å². The van der Waals surface area contributed by atoms with Gasteiger partial charge in [0.1, 0.15) is 11.8 Å². The van der Waals surface area contributed by atoms with Crippen molar-refractivity contribution < 1.29 is 9.53 Å². The molecule has 1 unspecified atom stereocenters. The van der Waals surface area contributed by atoms with Crippen molar-refractivity contribution in [1.82, 2.24) is 9.88 Å². The molecule has 1 saturated carbocycles. The van der Waals surface area contributed by atoms with Crippen molar-refractivity contribution >= 4 is 16.8 Å². The fraction of sp³-hybridized carbons (Fsp3) is 0.385. The molecule has 5 heteroatoms. The zero-order valence-electron chi connectivity index (χ0n) is 18.5. The third-order valence-electron chi connectivity index (χ3n) is 6.31. The molecule has 0 aliphatic heterocycles. The minimum Gasteiger partial charge on any atom is -0.496 e. The Morgan fingerprint density at radius 3 is 2.55 bits per heavy atom. The lowest BCUT2D eigenvalue weighted by atomic mass is 9.94. The summed E-state index contributed by atoms with van der Waals surface area (Å²) < 4.78 is 7.21. The minimum atomic E-state index is -0.809. The lowest BCUT2D eigenvalue weighted by Gasteiger charge is -2.28. The molecule has 1 aromatic heterocycles. The average Bonchev–Trinajstić information content (AvgIpc) is 2.77. The zero-order valence-corrected chi connectivity index (χ0v) is 18.5. The first-order valence-electron chi connectivity index (χ1n) is 11.1. The number of aryl methyl sites for hydroxylation is 2. The highest BCUT2D eigenvalue weighted by atomic mass is 16.5. The largest absolute Gasteiger partial charge is 0.496 e. The van der Waals surface area contributed by atoms with Gasteiger partial charge in [-0.2, -0.15) is 0 Å². The van der Waals surface area contributed by atoms with E-state index in [1.165, 1.54) is 6.42 Å². The Bertz CT molecular complexity index is 1160. The molecular weight excluding hydrogens is 388 g/mol. The van der Waals surface area contributed by atoms with Crippen LogP contribution < -0.4 is 15.6 Å². The molecule has 2 aromatic carbocycles. The van der Waals surface area contributed by atoms with Crippen molar-refractivity contribution in [1.29, 1.82) is 0 Å². The molecule has 1 aliphatic rings. The van der Waals surface area contributed by atoms with Crippen LogP contribution in [0, 0.1) is 13.8 Å². The maximum atomic E-state index is 13.7. The summed E-state index contributed by atoms with van der Waals surface area (Å²) in [6.45, 7) is 3.97. The maximum Gasteiger partial charge on any atom is 0.252 e. The minimum absolute atomic E-state index is 0.146. The van der Waals surface area contributed by atoms with Gasteiger partial charge in [0.15, 0.2) is 0 Å². The first-order chi connectivity index (χ1) is 15.0. The van der Waals surface area contributed by atoms with Gasteiger partial charge in [0.05, 0.1) is 12.6 Å². The van der Waals surface area contributed by atoms with Gasteiger partial charge in [0.2, 0.25) is 5.91 Å². The molecule has 1 fully saturated rings. The van der Waals surface area contributed by atoms with Gasteiger partial charge < -0.3 is 10.1 Å². The predicted octanol–water partition coefficient (Wildman–Crippen LogP) is 4.67. The van der Waals surface area contributed by atoms with Crippen molar-refractivity contribution in [3.63, 3.8) is 0 Å². The molecule has 31 heavy (non-hydrogen) atoms. The lowest BCUT2D eigenvalue weighted by molar-refractivity contribution is -0.124. The Kier molecular flexibility index (Phi) is 6.12. The monoisotopic (exact) mass is 418 g/mol. The number of hydrogen-bond acceptors (Lipinski definition) is 3. The van der Waals surface area contributed by atoms with E-state index in [0.717, 1.165) is 47.7 Å². The highest BCUT2D eigenvalue weighted by Crippen LogP contribution is 2.31. The molecule has 3 aromatic rings. The molecular formula is C26H30N2O3. The third kappa shape index (κ3) is 4.22. The smallest absolute Gasteiger partial charge is 0.252 e. The predicted molar refractivity (Wildman–Crippen MR) is 124 cm³/mol. The zero-order chi connectivity index (χ0) is 22.0. The van der Waals surface area contributed by atoms with Crippen LogP contribution >= 0.6 is 0 Å². The molecule has 0 spiro atoms. The molecule has 1 heterocycles. The number of carbonyl (C=O) groups excluding carboxylic acids is 1. The molecule has 1 atom stereocenters. The SMILES string of the molecule is COc1ccccc1C(C(=O)NC1CCCCC1)n1c(=O)cc(C)c2cc(C)ccc21. The van der Waals surface area contributed by atoms with E-state index in [-0.39, 0.29) is 17.5 Å². The summed E-state index contributed by atoms with van der Waals surface area (Å²) >= 11 is 0. The Morgan fingerprint density at radius 1 is 1.06 bits per heavy atom. The van der Waals surface area contributed by atoms with Gasteiger partial charge in [0, 0.05) is 23.1 Å². The molecule has 1 aliphatic carbocycles. The van der Waals surface area contributed by atoms with Gasteiger partial charge in [-0.25, -0.2) is 0 Å². The number of amides is 1. The molecule has 0 bridgehead atoms. The number of benzene rings is 2. The third-order valence-corrected chi connectivity index (χ3v) is 6.31. The summed E-state index contributed by atoms with van der Waals surface area (Å²) in [4.78, 5) is 27.0. The Labute approximate surface area is 183 Å². The normalized spacial score (nSPS) is 15.6. The van der Waals surface area contributed by atoms with E-state index >= 15 is 0 Å². The number of ether oxygens (including phenoxy) is 1. The number of pyridine rings is 1. The highest BCUT2D eigenvalue weighted by Gasteiger charge is 2.30. The van der Waals surface area contributed by atoms with E-state index in [1.807, 2.05) is 50.2 Å². The van der Waals surface area contributed by atoms with Crippen LogP contribution in [0.25, 0.3) is 10.9 Å².